The van der Waals surface area contributed by atoms with Crippen molar-refractivity contribution in [2.75, 3.05) is 19.7 Å². The lowest BCUT2D eigenvalue weighted by molar-refractivity contribution is 0.0440. The molecule has 2 aliphatic rings. The lowest BCUT2D eigenvalue weighted by Crippen LogP contribution is -2.41. The quantitative estimate of drug-likeness (QED) is 0.686. The summed E-state index contributed by atoms with van der Waals surface area (Å²) in [6.45, 7) is 2.03. The van der Waals surface area contributed by atoms with Crippen LogP contribution in [0.2, 0.25) is 0 Å². The van der Waals surface area contributed by atoms with E-state index >= 15 is 0 Å². The molecule has 0 spiro atoms. The van der Waals surface area contributed by atoms with Gasteiger partial charge in [-0.1, -0.05) is 25.7 Å². The molecule has 3 nitrogen and oxygen atoms in total. The first-order valence-electron chi connectivity index (χ1n) is 7.27. The van der Waals surface area contributed by atoms with Crippen LogP contribution < -0.4 is 5.32 Å². The summed E-state index contributed by atoms with van der Waals surface area (Å²) in [6.07, 6.45) is 9.21. The Morgan fingerprint density at radius 3 is 2.29 bits per heavy atom. The Hall–Kier alpha value is -0.120. The third-order valence-corrected chi connectivity index (χ3v) is 4.70. The zero-order valence-electron chi connectivity index (χ0n) is 10.8. The van der Waals surface area contributed by atoms with Gasteiger partial charge in [-0.15, -0.1) is 0 Å². The van der Waals surface area contributed by atoms with Gasteiger partial charge in [-0.05, 0) is 44.1 Å². The van der Waals surface area contributed by atoms with Gasteiger partial charge in [0.1, 0.15) is 0 Å². The van der Waals surface area contributed by atoms with Crippen LogP contribution in [0.1, 0.15) is 51.4 Å². The molecule has 0 aromatic rings. The van der Waals surface area contributed by atoms with Crippen LogP contribution in [-0.2, 0) is 0 Å². The summed E-state index contributed by atoms with van der Waals surface area (Å²) in [7, 11) is 0. The lowest BCUT2D eigenvalue weighted by Gasteiger charge is -2.31. The third-order valence-electron chi connectivity index (χ3n) is 4.70. The van der Waals surface area contributed by atoms with Gasteiger partial charge in [-0.3, -0.25) is 0 Å². The predicted molar refractivity (Wildman–Crippen MR) is 68.8 cm³/mol. The maximum Gasteiger partial charge on any atom is 0.0771 e. The number of rotatable bonds is 5. The van der Waals surface area contributed by atoms with E-state index in [1.54, 1.807) is 0 Å². The van der Waals surface area contributed by atoms with Crippen molar-refractivity contribution >= 4 is 0 Å². The van der Waals surface area contributed by atoms with E-state index in [-0.39, 0.29) is 0 Å². The molecule has 3 heteroatoms. The summed E-state index contributed by atoms with van der Waals surface area (Å²) in [5.41, 5.74) is -0.441. The summed E-state index contributed by atoms with van der Waals surface area (Å²) in [5, 5.41) is 23.0. The highest BCUT2D eigenvalue weighted by Crippen LogP contribution is 2.30. The number of aliphatic hydroxyl groups excluding tert-OH is 1. The smallest absolute Gasteiger partial charge is 0.0771 e. The standard InChI is InChI=1S/C14H27NO2/c16-10-13-6-2-1-5-12(13)9-15-11-14(17)7-3-4-8-14/h12-13,15-17H,1-11H2. The van der Waals surface area contributed by atoms with Gasteiger partial charge in [0.2, 0.25) is 0 Å². The van der Waals surface area contributed by atoms with Crippen molar-refractivity contribution < 1.29 is 10.2 Å². The second-order valence-electron chi connectivity index (χ2n) is 6.05. The van der Waals surface area contributed by atoms with E-state index in [0.717, 1.165) is 25.9 Å². The molecule has 0 aliphatic heterocycles. The van der Waals surface area contributed by atoms with E-state index in [0.29, 0.717) is 18.4 Å². The maximum atomic E-state index is 10.2. The Morgan fingerprint density at radius 1 is 1.00 bits per heavy atom. The number of nitrogens with one attached hydrogen (secondary N) is 1. The maximum absolute atomic E-state index is 10.2. The molecule has 2 rings (SSSR count). The van der Waals surface area contributed by atoms with E-state index in [2.05, 4.69) is 5.32 Å². The highest BCUT2D eigenvalue weighted by atomic mass is 16.3. The van der Waals surface area contributed by atoms with Gasteiger partial charge in [0.15, 0.2) is 0 Å². The fraction of sp³-hybridized carbons (Fsp3) is 1.00. The van der Waals surface area contributed by atoms with Gasteiger partial charge in [-0.25, -0.2) is 0 Å². The van der Waals surface area contributed by atoms with Crippen LogP contribution in [0.3, 0.4) is 0 Å². The van der Waals surface area contributed by atoms with Crippen molar-refractivity contribution in [1.82, 2.24) is 5.32 Å². The molecule has 2 fully saturated rings. The number of aliphatic hydroxyl groups is 2. The van der Waals surface area contributed by atoms with Crippen molar-refractivity contribution in [2.24, 2.45) is 11.8 Å². The van der Waals surface area contributed by atoms with Crippen molar-refractivity contribution in [3.63, 3.8) is 0 Å². The Bertz CT molecular complexity index is 226. The molecule has 2 unspecified atom stereocenters. The zero-order valence-corrected chi connectivity index (χ0v) is 10.8. The van der Waals surface area contributed by atoms with Crippen LogP contribution in [0.15, 0.2) is 0 Å². The highest BCUT2D eigenvalue weighted by Gasteiger charge is 2.31. The lowest BCUT2D eigenvalue weighted by atomic mass is 9.79. The van der Waals surface area contributed by atoms with Gasteiger partial charge in [0.25, 0.3) is 0 Å². The first kappa shape index (κ1) is 13.3. The van der Waals surface area contributed by atoms with Crippen molar-refractivity contribution in [3.8, 4) is 0 Å². The molecule has 0 amide bonds. The Balaban J connectivity index is 1.69. The molecule has 2 atom stereocenters. The molecule has 0 aromatic heterocycles. The molecule has 0 heterocycles. The summed E-state index contributed by atoms with van der Waals surface area (Å²) >= 11 is 0. The number of hydrogen-bond acceptors (Lipinski definition) is 3. The number of hydrogen-bond donors (Lipinski definition) is 3. The van der Waals surface area contributed by atoms with E-state index in [1.165, 1.54) is 38.5 Å². The molecular weight excluding hydrogens is 214 g/mol. The average molecular weight is 241 g/mol. The summed E-state index contributed by atoms with van der Waals surface area (Å²) < 4.78 is 0. The van der Waals surface area contributed by atoms with Gasteiger partial charge in [0, 0.05) is 13.2 Å². The Labute approximate surface area is 105 Å². The summed E-state index contributed by atoms with van der Waals surface area (Å²) in [4.78, 5) is 0. The molecule has 2 aliphatic carbocycles. The molecule has 2 saturated carbocycles. The molecule has 0 radical (unpaired) electrons. The largest absolute Gasteiger partial charge is 0.396 e. The molecule has 0 aromatic carbocycles. The third kappa shape index (κ3) is 3.67. The molecule has 0 bridgehead atoms. The molecule has 100 valence electrons. The first-order valence-corrected chi connectivity index (χ1v) is 7.27. The van der Waals surface area contributed by atoms with Crippen molar-refractivity contribution in [1.29, 1.82) is 0 Å². The fourth-order valence-corrected chi connectivity index (χ4v) is 3.49. The van der Waals surface area contributed by atoms with E-state index in [4.69, 9.17) is 0 Å². The van der Waals surface area contributed by atoms with Crippen molar-refractivity contribution in [2.45, 2.75) is 57.0 Å². The normalized spacial score (nSPS) is 32.8. The minimum Gasteiger partial charge on any atom is -0.396 e. The van der Waals surface area contributed by atoms with Crippen LogP contribution in [0.5, 0.6) is 0 Å². The summed E-state index contributed by atoms with van der Waals surface area (Å²) in [5.74, 6) is 1.09. The molecule has 3 N–H and O–H groups in total. The van der Waals surface area contributed by atoms with Crippen LogP contribution in [-0.4, -0.2) is 35.5 Å². The minimum absolute atomic E-state index is 0.330. The van der Waals surface area contributed by atoms with Crippen LogP contribution >= 0.6 is 0 Å². The van der Waals surface area contributed by atoms with Crippen LogP contribution in [0.4, 0.5) is 0 Å². The van der Waals surface area contributed by atoms with E-state index in [9.17, 15) is 10.2 Å². The zero-order chi connectivity index (χ0) is 12.1. The van der Waals surface area contributed by atoms with E-state index in [1.807, 2.05) is 0 Å². The van der Waals surface area contributed by atoms with Crippen LogP contribution in [0, 0.1) is 11.8 Å². The fourth-order valence-electron chi connectivity index (χ4n) is 3.49. The van der Waals surface area contributed by atoms with Gasteiger partial charge in [0.05, 0.1) is 5.60 Å². The second-order valence-corrected chi connectivity index (χ2v) is 6.05. The van der Waals surface area contributed by atoms with Gasteiger partial charge < -0.3 is 15.5 Å². The molecule has 0 saturated heterocycles. The molecular formula is C14H27NO2. The van der Waals surface area contributed by atoms with Crippen LogP contribution in [0.25, 0.3) is 0 Å². The second kappa shape index (κ2) is 6.17. The summed E-state index contributed by atoms with van der Waals surface area (Å²) in [6, 6.07) is 0. The Kier molecular flexibility index (Phi) is 4.83. The predicted octanol–water partition coefficient (Wildman–Crippen LogP) is 1.68. The van der Waals surface area contributed by atoms with Gasteiger partial charge >= 0.3 is 0 Å². The average Bonchev–Trinajstić information content (AvgIpc) is 2.77. The van der Waals surface area contributed by atoms with Gasteiger partial charge in [-0.2, -0.15) is 0 Å². The van der Waals surface area contributed by atoms with E-state index < -0.39 is 5.60 Å². The monoisotopic (exact) mass is 241 g/mol. The SMILES string of the molecule is OCC1CCCCC1CNCC1(O)CCCC1. The Morgan fingerprint density at radius 2 is 1.65 bits per heavy atom. The minimum atomic E-state index is -0.441. The first-order chi connectivity index (χ1) is 8.23. The highest BCUT2D eigenvalue weighted by molar-refractivity contribution is 4.87. The van der Waals surface area contributed by atoms with Crippen molar-refractivity contribution in [3.05, 3.63) is 0 Å². The topological polar surface area (TPSA) is 52.5 Å². The molecule has 17 heavy (non-hydrogen) atoms.